The van der Waals surface area contributed by atoms with Crippen molar-refractivity contribution in [3.63, 3.8) is 0 Å². The first-order valence-electron chi connectivity index (χ1n) is 5.07. The second-order valence-electron chi connectivity index (χ2n) is 4.04. The predicted molar refractivity (Wildman–Crippen MR) is 55.0 cm³/mol. The molecule has 2 heterocycles. The SMILES string of the molecule is Cc1c(N)cnn1[C@H]1CCOC[C@H]1C. The minimum Gasteiger partial charge on any atom is -0.396 e. The van der Waals surface area contributed by atoms with Gasteiger partial charge in [0.05, 0.1) is 30.2 Å². The second-order valence-corrected chi connectivity index (χ2v) is 4.04. The molecule has 1 fully saturated rings. The van der Waals surface area contributed by atoms with Crippen LogP contribution in [0.3, 0.4) is 0 Å². The molecule has 2 N–H and O–H groups in total. The lowest BCUT2D eigenvalue weighted by Crippen LogP contribution is -2.29. The van der Waals surface area contributed by atoms with Gasteiger partial charge in [-0.25, -0.2) is 0 Å². The summed E-state index contributed by atoms with van der Waals surface area (Å²) in [4.78, 5) is 0. The van der Waals surface area contributed by atoms with Crippen LogP contribution in [0.25, 0.3) is 0 Å². The molecule has 2 atom stereocenters. The average molecular weight is 195 g/mol. The van der Waals surface area contributed by atoms with E-state index >= 15 is 0 Å². The van der Waals surface area contributed by atoms with Crippen LogP contribution in [-0.2, 0) is 4.74 Å². The number of hydrogen-bond donors (Lipinski definition) is 1. The highest BCUT2D eigenvalue weighted by Crippen LogP contribution is 2.28. The number of hydrogen-bond acceptors (Lipinski definition) is 3. The quantitative estimate of drug-likeness (QED) is 0.736. The summed E-state index contributed by atoms with van der Waals surface area (Å²) in [6.45, 7) is 5.86. The lowest BCUT2D eigenvalue weighted by Gasteiger charge is -2.29. The van der Waals surface area contributed by atoms with E-state index in [0.717, 1.165) is 31.0 Å². The van der Waals surface area contributed by atoms with Gasteiger partial charge in [-0.3, -0.25) is 4.68 Å². The van der Waals surface area contributed by atoms with Crippen LogP contribution in [0.4, 0.5) is 5.69 Å². The van der Waals surface area contributed by atoms with Crippen molar-refractivity contribution >= 4 is 5.69 Å². The monoisotopic (exact) mass is 195 g/mol. The molecule has 78 valence electrons. The van der Waals surface area contributed by atoms with E-state index in [1.54, 1.807) is 6.20 Å². The smallest absolute Gasteiger partial charge is 0.0730 e. The first-order chi connectivity index (χ1) is 6.70. The van der Waals surface area contributed by atoms with Crippen LogP contribution in [-0.4, -0.2) is 23.0 Å². The van der Waals surface area contributed by atoms with Crippen LogP contribution in [0.1, 0.15) is 25.1 Å². The molecule has 4 nitrogen and oxygen atoms in total. The molecule has 1 aromatic rings. The van der Waals surface area contributed by atoms with E-state index in [0.29, 0.717) is 12.0 Å². The fourth-order valence-electron chi connectivity index (χ4n) is 2.00. The molecule has 1 aromatic heterocycles. The lowest BCUT2D eigenvalue weighted by atomic mass is 9.98. The van der Waals surface area contributed by atoms with Crippen LogP contribution in [0, 0.1) is 12.8 Å². The van der Waals surface area contributed by atoms with Gasteiger partial charge in [0.15, 0.2) is 0 Å². The van der Waals surface area contributed by atoms with Crippen LogP contribution in [0.15, 0.2) is 6.20 Å². The third kappa shape index (κ3) is 1.50. The Hall–Kier alpha value is -1.03. The number of nitrogens with two attached hydrogens (primary N) is 1. The van der Waals surface area contributed by atoms with Gasteiger partial charge < -0.3 is 10.5 Å². The summed E-state index contributed by atoms with van der Waals surface area (Å²) in [5, 5.41) is 4.33. The van der Waals surface area contributed by atoms with E-state index in [1.807, 2.05) is 11.6 Å². The maximum Gasteiger partial charge on any atom is 0.0730 e. The highest BCUT2D eigenvalue weighted by atomic mass is 16.5. The molecular weight excluding hydrogens is 178 g/mol. The third-order valence-corrected chi connectivity index (χ3v) is 2.99. The molecule has 0 spiro atoms. The summed E-state index contributed by atoms with van der Waals surface area (Å²) in [6.07, 6.45) is 2.76. The summed E-state index contributed by atoms with van der Waals surface area (Å²) in [5.74, 6) is 0.516. The standard InChI is InChI=1S/C10H17N3O/c1-7-6-14-4-3-10(7)13-8(2)9(11)5-12-13/h5,7,10H,3-4,6,11H2,1-2H3/t7-,10+/m1/s1. The molecule has 14 heavy (non-hydrogen) atoms. The molecule has 0 bridgehead atoms. The molecule has 2 rings (SSSR count). The van der Waals surface area contributed by atoms with Gasteiger partial charge in [-0.15, -0.1) is 0 Å². The highest BCUT2D eigenvalue weighted by Gasteiger charge is 2.25. The molecule has 0 unspecified atom stereocenters. The van der Waals surface area contributed by atoms with E-state index in [2.05, 4.69) is 12.0 Å². The first kappa shape index (κ1) is 9.52. The van der Waals surface area contributed by atoms with Crippen LogP contribution in [0.5, 0.6) is 0 Å². The topological polar surface area (TPSA) is 53.1 Å². The van der Waals surface area contributed by atoms with E-state index in [-0.39, 0.29) is 0 Å². The zero-order valence-electron chi connectivity index (χ0n) is 8.73. The zero-order chi connectivity index (χ0) is 10.1. The van der Waals surface area contributed by atoms with Gasteiger partial charge in [0.2, 0.25) is 0 Å². The molecule has 0 amide bonds. The lowest BCUT2D eigenvalue weighted by molar-refractivity contribution is 0.0244. The van der Waals surface area contributed by atoms with Crippen molar-refractivity contribution < 1.29 is 4.74 Å². The van der Waals surface area contributed by atoms with Gasteiger partial charge in [-0.2, -0.15) is 5.10 Å². The number of nitrogen functional groups attached to an aromatic ring is 1. The Balaban J connectivity index is 2.24. The van der Waals surface area contributed by atoms with Crippen molar-refractivity contribution in [2.75, 3.05) is 18.9 Å². The Bertz CT molecular complexity index is 321. The van der Waals surface area contributed by atoms with Gasteiger partial charge in [0.1, 0.15) is 0 Å². The van der Waals surface area contributed by atoms with Gasteiger partial charge in [0.25, 0.3) is 0 Å². The molecule has 0 aromatic carbocycles. The number of anilines is 1. The predicted octanol–water partition coefficient (Wildman–Crippen LogP) is 1.37. The Labute approximate surface area is 84.0 Å². The van der Waals surface area contributed by atoms with Gasteiger partial charge in [-0.1, -0.05) is 6.92 Å². The van der Waals surface area contributed by atoms with Crippen molar-refractivity contribution in [2.45, 2.75) is 26.3 Å². The van der Waals surface area contributed by atoms with Crippen molar-refractivity contribution in [1.82, 2.24) is 9.78 Å². The summed E-state index contributed by atoms with van der Waals surface area (Å²) in [6, 6.07) is 0.445. The normalized spacial score (nSPS) is 27.9. The van der Waals surface area contributed by atoms with Crippen molar-refractivity contribution in [2.24, 2.45) is 5.92 Å². The number of ether oxygens (including phenoxy) is 1. The molecule has 0 aliphatic carbocycles. The number of nitrogens with zero attached hydrogens (tertiary/aromatic N) is 2. The molecule has 1 aliphatic rings. The van der Waals surface area contributed by atoms with Crippen LogP contribution >= 0.6 is 0 Å². The summed E-state index contributed by atoms with van der Waals surface area (Å²) < 4.78 is 7.45. The molecule has 4 heteroatoms. The summed E-state index contributed by atoms with van der Waals surface area (Å²) in [7, 11) is 0. The summed E-state index contributed by atoms with van der Waals surface area (Å²) in [5.41, 5.74) is 7.63. The van der Waals surface area contributed by atoms with Gasteiger partial charge in [0, 0.05) is 12.5 Å². The van der Waals surface area contributed by atoms with Crippen molar-refractivity contribution in [3.05, 3.63) is 11.9 Å². The highest BCUT2D eigenvalue weighted by molar-refractivity contribution is 5.39. The Morgan fingerprint density at radius 2 is 2.43 bits per heavy atom. The largest absolute Gasteiger partial charge is 0.396 e. The average Bonchev–Trinajstić information content (AvgIpc) is 2.49. The summed E-state index contributed by atoms with van der Waals surface area (Å²) >= 11 is 0. The van der Waals surface area contributed by atoms with Crippen molar-refractivity contribution in [1.29, 1.82) is 0 Å². The molecule has 1 aliphatic heterocycles. The Morgan fingerprint density at radius 3 is 3.00 bits per heavy atom. The minimum atomic E-state index is 0.445. The number of rotatable bonds is 1. The Kier molecular flexibility index (Phi) is 2.46. The van der Waals surface area contributed by atoms with Crippen molar-refractivity contribution in [3.8, 4) is 0 Å². The zero-order valence-corrected chi connectivity index (χ0v) is 8.73. The Morgan fingerprint density at radius 1 is 1.64 bits per heavy atom. The number of aromatic nitrogens is 2. The van der Waals surface area contributed by atoms with Gasteiger partial charge in [-0.05, 0) is 13.3 Å². The van der Waals surface area contributed by atoms with E-state index in [9.17, 15) is 0 Å². The fourth-order valence-corrected chi connectivity index (χ4v) is 2.00. The molecule has 1 saturated heterocycles. The molecule has 0 saturated carbocycles. The van der Waals surface area contributed by atoms with E-state index in [1.165, 1.54) is 0 Å². The second kappa shape index (κ2) is 3.61. The van der Waals surface area contributed by atoms with E-state index in [4.69, 9.17) is 10.5 Å². The maximum atomic E-state index is 5.78. The van der Waals surface area contributed by atoms with Gasteiger partial charge >= 0.3 is 0 Å². The van der Waals surface area contributed by atoms with Crippen LogP contribution in [0.2, 0.25) is 0 Å². The van der Waals surface area contributed by atoms with Crippen LogP contribution < -0.4 is 5.73 Å². The van der Waals surface area contributed by atoms with E-state index < -0.39 is 0 Å². The minimum absolute atomic E-state index is 0.445. The fraction of sp³-hybridized carbons (Fsp3) is 0.700. The maximum absolute atomic E-state index is 5.78. The third-order valence-electron chi connectivity index (χ3n) is 2.99. The molecule has 0 radical (unpaired) electrons. The molecular formula is C10H17N3O. The first-order valence-corrected chi connectivity index (χ1v) is 5.07.